The van der Waals surface area contributed by atoms with Crippen LogP contribution in [0.1, 0.15) is 22.3 Å². The first-order chi connectivity index (χ1) is 10.7. The van der Waals surface area contributed by atoms with E-state index in [4.69, 9.17) is 9.47 Å². The summed E-state index contributed by atoms with van der Waals surface area (Å²) in [4.78, 5) is 20.5. The van der Waals surface area contributed by atoms with Gasteiger partial charge in [-0.25, -0.2) is 9.97 Å². The molecule has 0 radical (unpaired) electrons. The number of nitrogens with one attached hydrogen (secondary N) is 1. The first-order valence-electron chi connectivity index (χ1n) is 7.16. The minimum Gasteiger partial charge on any atom is -0.472 e. The Morgan fingerprint density at radius 1 is 1.36 bits per heavy atom. The van der Waals surface area contributed by atoms with Crippen molar-refractivity contribution in [2.75, 3.05) is 18.5 Å². The number of rotatable bonds is 4. The van der Waals surface area contributed by atoms with Crippen LogP contribution in [0.4, 0.5) is 5.82 Å². The molecule has 1 saturated heterocycles. The van der Waals surface area contributed by atoms with E-state index in [1.807, 2.05) is 19.1 Å². The smallest absolute Gasteiger partial charge is 0.258 e. The molecule has 0 aromatic carbocycles. The van der Waals surface area contributed by atoms with E-state index >= 15 is 0 Å². The van der Waals surface area contributed by atoms with Crippen molar-refractivity contribution in [2.45, 2.75) is 19.4 Å². The fourth-order valence-corrected chi connectivity index (χ4v) is 2.16. The fraction of sp³-hybridized carbons (Fsp3) is 0.312. The Hall–Kier alpha value is -2.47. The van der Waals surface area contributed by atoms with E-state index in [1.54, 1.807) is 18.3 Å². The summed E-state index contributed by atoms with van der Waals surface area (Å²) < 4.78 is 10.9. The number of carbonyl (C=O) groups excluding carboxylic acids is 1. The van der Waals surface area contributed by atoms with Gasteiger partial charge in [0.15, 0.2) is 0 Å². The van der Waals surface area contributed by atoms with Gasteiger partial charge in [-0.2, -0.15) is 0 Å². The second-order valence-corrected chi connectivity index (χ2v) is 5.11. The number of carbonyl (C=O) groups is 1. The van der Waals surface area contributed by atoms with Crippen LogP contribution in [0.2, 0.25) is 0 Å². The van der Waals surface area contributed by atoms with Crippen LogP contribution in [0.15, 0.2) is 36.7 Å². The van der Waals surface area contributed by atoms with E-state index in [9.17, 15) is 4.79 Å². The van der Waals surface area contributed by atoms with Crippen LogP contribution < -0.4 is 10.1 Å². The SMILES string of the molecule is Cc1cccnc1NC(=O)c1ccc(OC2CCOC2)nc1. The van der Waals surface area contributed by atoms with Gasteiger partial charge in [0.25, 0.3) is 5.91 Å². The van der Waals surface area contributed by atoms with Gasteiger partial charge in [0.05, 0.1) is 18.8 Å². The highest BCUT2D eigenvalue weighted by atomic mass is 16.5. The lowest BCUT2D eigenvalue weighted by Crippen LogP contribution is -2.17. The van der Waals surface area contributed by atoms with Gasteiger partial charge in [-0.05, 0) is 24.6 Å². The van der Waals surface area contributed by atoms with E-state index in [1.165, 1.54) is 6.20 Å². The summed E-state index contributed by atoms with van der Waals surface area (Å²) in [5.41, 5.74) is 1.37. The Morgan fingerprint density at radius 2 is 2.27 bits per heavy atom. The third kappa shape index (κ3) is 3.40. The predicted molar refractivity (Wildman–Crippen MR) is 81.0 cm³/mol. The van der Waals surface area contributed by atoms with Gasteiger partial charge >= 0.3 is 0 Å². The van der Waals surface area contributed by atoms with Crippen molar-refractivity contribution in [3.8, 4) is 5.88 Å². The summed E-state index contributed by atoms with van der Waals surface area (Å²) in [5.74, 6) is 0.807. The number of hydrogen-bond acceptors (Lipinski definition) is 5. The maximum Gasteiger partial charge on any atom is 0.258 e. The molecule has 1 atom stereocenters. The van der Waals surface area contributed by atoms with Gasteiger partial charge in [0.1, 0.15) is 11.9 Å². The second-order valence-electron chi connectivity index (χ2n) is 5.11. The molecule has 0 aliphatic carbocycles. The molecule has 0 bridgehead atoms. The number of pyridine rings is 2. The molecule has 2 aromatic heterocycles. The standard InChI is InChI=1S/C16H17N3O3/c1-11-3-2-7-17-15(11)19-16(20)12-4-5-14(18-9-12)22-13-6-8-21-10-13/h2-5,7,9,13H,6,8,10H2,1H3,(H,17,19,20). The molecule has 1 N–H and O–H groups in total. The van der Waals surface area contributed by atoms with Crippen LogP contribution in [-0.4, -0.2) is 35.2 Å². The normalized spacial score (nSPS) is 17.2. The van der Waals surface area contributed by atoms with Crippen molar-refractivity contribution in [1.82, 2.24) is 9.97 Å². The van der Waals surface area contributed by atoms with E-state index in [2.05, 4.69) is 15.3 Å². The summed E-state index contributed by atoms with van der Waals surface area (Å²) in [6.45, 7) is 3.19. The molecule has 1 aliphatic heterocycles. The van der Waals surface area contributed by atoms with Crippen molar-refractivity contribution < 1.29 is 14.3 Å². The monoisotopic (exact) mass is 299 g/mol. The van der Waals surface area contributed by atoms with Crippen LogP contribution >= 0.6 is 0 Å². The Balaban J connectivity index is 1.64. The van der Waals surface area contributed by atoms with E-state index in [-0.39, 0.29) is 12.0 Å². The number of hydrogen-bond donors (Lipinski definition) is 1. The molecular weight excluding hydrogens is 282 g/mol. The minimum absolute atomic E-state index is 0.0448. The average molecular weight is 299 g/mol. The molecule has 2 aromatic rings. The van der Waals surface area contributed by atoms with Crippen molar-refractivity contribution in [3.63, 3.8) is 0 Å². The third-order valence-corrected chi connectivity index (χ3v) is 3.42. The lowest BCUT2D eigenvalue weighted by Gasteiger charge is -2.11. The van der Waals surface area contributed by atoms with Crippen LogP contribution in [0.3, 0.4) is 0 Å². The summed E-state index contributed by atoms with van der Waals surface area (Å²) in [6.07, 6.45) is 4.05. The largest absolute Gasteiger partial charge is 0.472 e. The quantitative estimate of drug-likeness (QED) is 0.937. The molecule has 0 spiro atoms. The second kappa shape index (κ2) is 6.53. The topological polar surface area (TPSA) is 73.3 Å². The Labute approximate surface area is 128 Å². The number of nitrogens with zero attached hydrogens (tertiary/aromatic N) is 2. The van der Waals surface area contributed by atoms with E-state index in [0.29, 0.717) is 30.5 Å². The van der Waals surface area contributed by atoms with Gasteiger partial charge in [-0.3, -0.25) is 4.79 Å². The maximum atomic E-state index is 12.2. The summed E-state index contributed by atoms with van der Waals surface area (Å²) in [5, 5.41) is 2.77. The molecule has 114 valence electrons. The molecular formula is C16H17N3O3. The highest BCUT2D eigenvalue weighted by molar-refractivity contribution is 6.03. The molecule has 6 nitrogen and oxygen atoms in total. The van der Waals surface area contributed by atoms with E-state index < -0.39 is 0 Å². The average Bonchev–Trinajstić information content (AvgIpc) is 3.03. The zero-order chi connectivity index (χ0) is 15.4. The first kappa shape index (κ1) is 14.5. The molecule has 0 saturated carbocycles. The summed E-state index contributed by atoms with van der Waals surface area (Å²) >= 11 is 0. The molecule has 1 unspecified atom stereocenters. The molecule has 22 heavy (non-hydrogen) atoms. The molecule has 3 heterocycles. The fourth-order valence-electron chi connectivity index (χ4n) is 2.16. The molecule has 1 aliphatic rings. The number of ether oxygens (including phenoxy) is 2. The lowest BCUT2D eigenvalue weighted by atomic mass is 10.2. The van der Waals surface area contributed by atoms with Crippen LogP contribution in [-0.2, 0) is 4.74 Å². The van der Waals surface area contributed by atoms with Gasteiger partial charge in [-0.1, -0.05) is 6.07 Å². The molecule has 6 heteroatoms. The van der Waals surface area contributed by atoms with Crippen LogP contribution in [0, 0.1) is 6.92 Å². The van der Waals surface area contributed by atoms with Gasteiger partial charge in [0.2, 0.25) is 5.88 Å². The van der Waals surface area contributed by atoms with Gasteiger partial charge in [0, 0.05) is 24.9 Å². The van der Waals surface area contributed by atoms with Crippen molar-refractivity contribution in [1.29, 1.82) is 0 Å². The Bertz CT molecular complexity index is 652. The van der Waals surface area contributed by atoms with Crippen molar-refractivity contribution in [2.24, 2.45) is 0 Å². The first-order valence-corrected chi connectivity index (χ1v) is 7.16. The number of amides is 1. The highest BCUT2D eigenvalue weighted by Gasteiger charge is 2.18. The highest BCUT2D eigenvalue weighted by Crippen LogP contribution is 2.16. The third-order valence-electron chi connectivity index (χ3n) is 3.42. The van der Waals surface area contributed by atoms with E-state index in [0.717, 1.165) is 12.0 Å². The van der Waals surface area contributed by atoms with Crippen molar-refractivity contribution in [3.05, 3.63) is 47.8 Å². The maximum absolute atomic E-state index is 12.2. The predicted octanol–water partition coefficient (Wildman–Crippen LogP) is 2.21. The number of aryl methyl sites for hydroxylation is 1. The lowest BCUT2D eigenvalue weighted by molar-refractivity contribution is 0.102. The van der Waals surface area contributed by atoms with Crippen LogP contribution in [0.25, 0.3) is 0 Å². The zero-order valence-electron chi connectivity index (χ0n) is 12.3. The molecule has 1 amide bonds. The minimum atomic E-state index is -0.245. The van der Waals surface area contributed by atoms with Gasteiger partial charge < -0.3 is 14.8 Å². The Morgan fingerprint density at radius 3 is 2.95 bits per heavy atom. The zero-order valence-corrected chi connectivity index (χ0v) is 12.3. The Kier molecular flexibility index (Phi) is 4.29. The molecule has 1 fully saturated rings. The van der Waals surface area contributed by atoms with Crippen molar-refractivity contribution >= 4 is 11.7 Å². The number of aromatic nitrogens is 2. The molecule has 3 rings (SSSR count). The number of anilines is 1. The summed E-state index contributed by atoms with van der Waals surface area (Å²) in [7, 11) is 0. The summed E-state index contributed by atoms with van der Waals surface area (Å²) in [6, 6.07) is 7.09. The van der Waals surface area contributed by atoms with Gasteiger partial charge in [-0.15, -0.1) is 0 Å². The van der Waals surface area contributed by atoms with Crippen LogP contribution in [0.5, 0.6) is 5.88 Å².